The first-order chi connectivity index (χ1) is 4.50. The van der Waals surface area contributed by atoms with Crippen LogP contribution in [0, 0.1) is 0 Å². The van der Waals surface area contributed by atoms with Gasteiger partial charge in [0, 0.05) is 0 Å². The Morgan fingerprint density at radius 3 is 1.00 bits per heavy atom. The van der Waals surface area contributed by atoms with E-state index < -0.39 is 19.0 Å². The molecular weight excluding hydrogens is 287 g/mol. The minimum absolute atomic E-state index is 0. The molecule has 0 N–H and O–H groups in total. The third kappa shape index (κ3) is 5.66. The van der Waals surface area contributed by atoms with E-state index in [1.54, 1.807) is 0 Å². The molecule has 6 nitrogen and oxygen atoms in total. The second kappa shape index (κ2) is 6.58. The SMILES string of the molecule is O=P([O-])([O-])C(Cl)(Cl)P(=O)([O-])[O-].[Na+].[Na+]. The number of alkyl halides is 2. The first-order valence-electron chi connectivity index (χ1n) is 1.92. The van der Waals surface area contributed by atoms with E-state index in [1.165, 1.54) is 0 Å². The number of halogens is 2. The van der Waals surface area contributed by atoms with Crippen molar-refractivity contribution in [3.8, 4) is 0 Å². The number of hydrogen-bond acceptors (Lipinski definition) is 6. The fraction of sp³-hybridized carbons (Fsp3) is 1.00. The maximum absolute atomic E-state index is 9.94. The predicted molar refractivity (Wildman–Crippen MR) is 29.7 cm³/mol. The largest absolute Gasteiger partial charge is 1.00 e. The molecule has 0 atom stereocenters. The predicted octanol–water partition coefficient (Wildman–Crippen LogP) is -8.09. The van der Waals surface area contributed by atoms with Gasteiger partial charge in [-0.3, -0.25) is 0 Å². The fourth-order valence-corrected chi connectivity index (χ4v) is 1.35. The number of hydrogen-bond donors (Lipinski definition) is 0. The van der Waals surface area contributed by atoms with Gasteiger partial charge >= 0.3 is 59.1 Å². The molecule has 68 valence electrons. The van der Waals surface area contributed by atoms with Gasteiger partial charge in [-0.05, 0) is 15.2 Å². The Bertz CT molecular complexity index is 219. The Morgan fingerprint density at radius 2 is 1.00 bits per heavy atom. The zero-order valence-electron chi connectivity index (χ0n) is 6.60. The van der Waals surface area contributed by atoms with Gasteiger partial charge < -0.3 is 28.7 Å². The molecule has 0 rings (SSSR count). The summed E-state index contributed by atoms with van der Waals surface area (Å²) in [5.41, 5.74) is 0. The van der Waals surface area contributed by atoms with Crippen molar-refractivity contribution in [2.45, 2.75) is 3.82 Å². The van der Waals surface area contributed by atoms with Crippen LogP contribution in [0.2, 0.25) is 0 Å². The van der Waals surface area contributed by atoms with Crippen molar-refractivity contribution >= 4 is 38.4 Å². The van der Waals surface area contributed by atoms with Crippen molar-refractivity contribution in [1.82, 2.24) is 0 Å². The summed E-state index contributed by atoms with van der Waals surface area (Å²) in [5.74, 6) is 0. The minimum Gasteiger partial charge on any atom is -0.808 e. The summed E-state index contributed by atoms with van der Waals surface area (Å²) in [5, 5.41) is 0. The molecule has 0 spiro atoms. The molecule has 0 aromatic heterocycles. The third-order valence-electron chi connectivity index (χ3n) is 0.659. The van der Waals surface area contributed by atoms with Crippen LogP contribution >= 0.6 is 38.4 Å². The Hall–Kier alpha value is 2.88. The van der Waals surface area contributed by atoms with E-state index in [-0.39, 0.29) is 59.1 Å². The van der Waals surface area contributed by atoms with Crippen molar-refractivity contribution in [1.29, 1.82) is 0 Å². The normalized spacial score (nSPS) is 12.8. The van der Waals surface area contributed by atoms with E-state index in [2.05, 4.69) is 23.2 Å². The molecular formula is CCl2Na2O6P2-2. The van der Waals surface area contributed by atoms with Gasteiger partial charge in [0.15, 0.2) is 3.82 Å². The molecule has 0 saturated carbocycles. The topological polar surface area (TPSA) is 126 Å². The zero-order chi connectivity index (χ0) is 9.50. The van der Waals surface area contributed by atoms with Crippen molar-refractivity contribution in [2.75, 3.05) is 0 Å². The third-order valence-corrected chi connectivity index (χ3v) is 5.93. The molecule has 0 aliphatic rings. The molecule has 0 aliphatic carbocycles. The maximum atomic E-state index is 9.94. The Kier molecular flexibility index (Phi) is 10.7. The van der Waals surface area contributed by atoms with Crippen LogP contribution in [-0.4, -0.2) is 3.82 Å². The van der Waals surface area contributed by atoms with Crippen LogP contribution in [0.15, 0.2) is 0 Å². The quantitative estimate of drug-likeness (QED) is 0.282. The summed E-state index contributed by atoms with van der Waals surface area (Å²) in [6.07, 6.45) is 0. The standard InChI is InChI=1S/CH4Cl2O6P2.2Na/c2-1(3,10(4,5)6)11(7,8)9;;/h(H2,4,5,6)(H2,7,8,9);;/q;2*+1/p-4. The number of rotatable bonds is 2. The molecule has 0 radical (unpaired) electrons. The minimum atomic E-state index is -5.85. The van der Waals surface area contributed by atoms with E-state index in [0.29, 0.717) is 0 Å². The van der Waals surface area contributed by atoms with Crippen LogP contribution in [0.25, 0.3) is 0 Å². The van der Waals surface area contributed by atoms with Gasteiger partial charge in [-0.2, -0.15) is 0 Å². The smallest absolute Gasteiger partial charge is 0.808 e. The summed E-state index contributed by atoms with van der Waals surface area (Å²) in [6.45, 7) is 0. The fourth-order valence-electron chi connectivity index (χ4n) is 0.150. The molecule has 0 saturated heterocycles. The molecule has 0 aromatic rings. The Morgan fingerprint density at radius 1 is 0.846 bits per heavy atom. The molecule has 12 heteroatoms. The van der Waals surface area contributed by atoms with Crippen LogP contribution in [0.3, 0.4) is 0 Å². The van der Waals surface area contributed by atoms with Gasteiger partial charge in [-0.1, -0.05) is 23.2 Å². The van der Waals surface area contributed by atoms with Crippen LogP contribution < -0.4 is 78.7 Å². The first kappa shape index (κ1) is 21.2. The monoisotopic (exact) mass is 286 g/mol. The molecule has 13 heavy (non-hydrogen) atoms. The van der Waals surface area contributed by atoms with Crippen molar-refractivity contribution < 1.29 is 87.8 Å². The van der Waals surface area contributed by atoms with E-state index in [9.17, 15) is 28.7 Å². The van der Waals surface area contributed by atoms with Crippen LogP contribution in [0.5, 0.6) is 0 Å². The van der Waals surface area contributed by atoms with E-state index in [4.69, 9.17) is 0 Å². The van der Waals surface area contributed by atoms with Gasteiger partial charge in [0.1, 0.15) is 0 Å². The van der Waals surface area contributed by atoms with E-state index in [1.807, 2.05) is 0 Å². The second-order valence-corrected chi connectivity index (χ2v) is 7.57. The van der Waals surface area contributed by atoms with Gasteiger partial charge in [0.25, 0.3) is 0 Å². The van der Waals surface area contributed by atoms with Gasteiger partial charge in [-0.15, -0.1) is 0 Å². The molecule has 0 fully saturated rings. The second-order valence-electron chi connectivity index (χ2n) is 1.50. The van der Waals surface area contributed by atoms with Crippen molar-refractivity contribution in [3.63, 3.8) is 0 Å². The summed E-state index contributed by atoms with van der Waals surface area (Å²) in [6, 6.07) is 0. The molecule has 0 bridgehead atoms. The average molecular weight is 287 g/mol. The van der Waals surface area contributed by atoms with Gasteiger partial charge in [0.05, 0.1) is 0 Å². The zero-order valence-corrected chi connectivity index (χ0v) is 13.9. The molecule has 0 aromatic carbocycles. The summed E-state index contributed by atoms with van der Waals surface area (Å²) in [7, 11) is -11.7. The maximum Gasteiger partial charge on any atom is 1.00 e. The first-order valence-corrected chi connectivity index (χ1v) is 5.76. The summed E-state index contributed by atoms with van der Waals surface area (Å²) in [4.78, 5) is 39.7. The van der Waals surface area contributed by atoms with Gasteiger partial charge in [-0.25, -0.2) is 0 Å². The van der Waals surface area contributed by atoms with Crippen LogP contribution in [0.1, 0.15) is 0 Å². The molecule has 0 amide bonds. The summed E-state index contributed by atoms with van der Waals surface area (Å²) >= 11 is 8.96. The molecule has 0 unspecified atom stereocenters. The Labute approximate surface area is 128 Å². The summed E-state index contributed by atoms with van der Waals surface area (Å²) < 4.78 is 16.1. The van der Waals surface area contributed by atoms with Crippen LogP contribution in [0.4, 0.5) is 0 Å². The van der Waals surface area contributed by atoms with Crippen molar-refractivity contribution in [3.05, 3.63) is 0 Å². The molecule has 0 heterocycles. The van der Waals surface area contributed by atoms with E-state index >= 15 is 0 Å². The van der Waals surface area contributed by atoms with Crippen molar-refractivity contribution in [2.24, 2.45) is 0 Å². The Balaban J connectivity index is -0.000000500. The van der Waals surface area contributed by atoms with Gasteiger partial charge in [0.2, 0.25) is 0 Å². The van der Waals surface area contributed by atoms with E-state index in [0.717, 1.165) is 0 Å². The average Bonchev–Trinajstić information content (AvgIpc) is 1.58. The van der Waals surface area contributed by atoms with Crippen LogP contribution in [-0.2, 0) is 9.13 Å². The molecule has 0 aliphatic heterocycles.